The molecule has 0 fully saturated rings. The van der Waals surface area contributed by atoms with Crippen molar-refractivity contribution in [1.82, 2.24) is 15.1 Å². The van der Waals surface area contributed by atoms with Crippen molar-refractivity contribution < 1.29 is 19.0 Å². The second-order valence-corrected chi connectivity index (χ2v) is 8.71. The van der Waals surface area contributed by atoms with Crippen LogP contribution in [0.5, 0.6) is 17.2 Å². The van der Waals surface area contributed by atoms with Crippen molar-refractivity contribution >= 4 is 17.6 Å². The Morgan fingerprint density at radius 1 is 1.03 bits per heavy atom. The summed E-state index contributed by atoms with van der Waals surface area (Å²) in [7, 11) is 6.43. The van der Waals surface area contributed by atoms with E-state index in [9.17, 15) is 4.79 Å². The molecule has 2 aromatic carbocycles. The molecule has 1 amide bonds. The highest BCUT2D eigenvalue weighted by Gasteiger charge is 2.18. The summed E-state index contributed by atoms with van der Waals surface area (Å²) >= 11 is 0. The van der Waals surface area contributed by atoms with Crippen LogP contribution in [0.25, 0.3) is 0 Å². The Hall–Kier alpha value is -4.01. The largest absolute Gasteiger partial charge is 0.493 e. The van der Waals surface area contributed by atoms with Gasteiger partial charge in [0.2, 0.25) is 11.7 Å². The van der Waals surface area contributed by atoms with Gasteiger partial charge < -0.3 is 19.5 Å². The molecule has 3 rings (SSSR count). The van der Waals surface area contributed by atoms with E-state index in [0.717, 1.165) is 22.6 Å². The van der Waals surface area contributed by atoms with Crippen molar-refractivity contribution in [2.75, 3.05) is 26.6 Å². The highest BCUT2D eigenvalue weighted by Crippen LogP contribution is 2.38. The summed E-state index contributed by atoms with van der Waals surface area (Å²) in [6.07, 6.45) is 0. The van der Waals surface area contributed by atoms with Gasteiger partial charge in [0.05, 0.1) is 33.6 Å². The van der Waals surface area contributed by atoms with Gasteiger partial charge in [-0.15, -0.1) is 0 Å². The highest BCUT2D eigenvalue weighted by atomic mass is 16.5. The van der Waals surface area contributed by atoms with E-state index in [1.54, 1.807) is 12.1 Å². The molecule has 2 N–H and O–H groups in total. The lowest BCUT2D eigenvalue weighted by Gasteiger charge is -2.16. The van der Waals surface area contributed by atoms with E-state index in [1.807, 2.05) is 37.7 Å². The first-order valence-corrected chi connectivity index (χ1v) is 11.7. The number of amides is 1. The molecular formula is C27H35N5O4. The Bertz CT molecular complexity index is 1220. The summed E-state index contributed by atoms with van der Waals surface area (Å²) in [6.45, 7) is 8.59. The van der Waals surface area contributed by atoms with Crippen LogP contribution in [0.4, 0.5) is 5.69 Å². The smallest absolute Gasteiger partial charge is 0.258 e. The molecular weight excluding hydrogens is 458 g/mol. The number of benzene rings is 2. The Labute approximate surface area is 212 Å². The second-order valence-electron chi connectivity index (χ2n) is 8.71. The lowest BCUT2D eigenvalue weighted by Crippen LogP contribution is -2.36. The predicted octanol–water partition coefficient (Wildman–Crippen LogP) is 4.58. The van der Waals surface area contributed by atoms with Crippen LogP contribution < -0.4 is 24.8 Å². The minimum atomic E-state index is -0.376. The Morgan fingerprint density at radius 2 is 1.64 bits per heavy atom. The van der Waals surface area contributed by atoms with Gasteiger partial charge in [-0.1, -0.05) is 26.0 Å². The van der Waals surface area contributed by atoms with Gasteiger partial charge in [0.1, 0.15) is 0 Å². The van der Waals surface area contributed by atoms with Crippen molar-refractivity contribution in [1.29, 1.82) is 0 Å². The SMILES string of the molecule is COc1cc(C(=O)NC(=NCc2c(C)nn(C)c2C)Nc2ccc(C(C)C)cc2)cc(OC)c1OC. The van der Waals surface area contributed by atoms with Crippen LogP contribution in [-0.4, -0.2) is 43.0 Å². The summed E-state index contributed by atoms with van der Waals surface area (Å²) in [5.74, 6) is 1.55. The minimum absolute atomic E-state index is 0.314. The van der Waals surface area contributed by atoms with Crippen LogP contribution in [0.3, 0.4) is 0 Å². The average molecular weight is 494 g/mol. The number of nitrogens with one attached hydrogen (secondary N) is 2. The number of aryl methyl sites for hydroxylation is 2. The van der Waals surface area contributed by atoms with E-state index in [4.69, 9.17) is 19.2 Å². The van der Waals surface area contributed by atoms with Gasteiger partial charge in [-0.2, -0.15) is 5.10 Å². The second kappa shape index (κ2) is 11.6. The maximum Gasteiger partial charge on any atom is 0.258 e. The zero-order valence-electron chi connectivity index (χ0n) is 22.2. The number of hydrogen-bond donors (Lipinski definition) is 2. The van der Waals surface area contributed by atoms with Crippen LogP contribution in [0.2, 0.25) is 0 Å². The fraction of sp³-hybridized carbons (Fsp3) is 0.370. The normalized spacial score (nSPS) is 11.4. The number of rotatable bonds is 8. The molecule has 9 heteroatoms. The Morgan fingerprint density at radius 3 is 2.11 bits per heavy atom. The highest BCUT2D eigenvalue weighted by molar-refractivity contribution is 6.10. The van der Waals surface area contributed by atoms with Gasteiger partial charge in [0.25, 0.3) is 5.91 Å². The van der Waals surface area contributed by atoms with Gasteiger partial charge in [-0.05, 0) is 49.6 Å². The number of methoxy groups -OCH3 is 3. The summed E-state index contributed by atoms with van der Waals surface area (Å²) in [6, 6.07) is 11.2. The van der Waals surface area contributed by atoms with Gasteiger partial charge in [0.15, 0.2) is 11.5 Å². The molecule has 0 bridgehead atoms. The van der Waals surface area contributed by atoms with Crippen LogP contribution in [-0.2, 0) is 13.6 Å². The molecule has 9 nitrogen and oxygen atoms in total. The van der Waals surface area contributed by atoms with Crippen LogP contribution in [0.15, 0.2) is 41.4 Å². The molecule has 1 heterocycles. The number of hydrogen-bond acceptors (Lipinski definition) is 6. The van der Waals surface area contributed by atoms with Crippen LogP contribution >= 0.6 is 0 Å². The first kappa shape index (κ1) is 26.6. The van der Waals surface area contributed by atoms with Crippen molar-refractivity contribution in [3.63, 3.8) is 0 Å². The summed E-state index contributed by atoms with van der Waals surface area (Å²) in [5, 5.41) is 10.6. The predicted molar refractivity (Wildman–Crippen MR) is 142 cm³/mol. The van der Waals surface area contributed by atoms with E-state index in [1.165, 1.54) is 26.9 Å². The molecule has 0 unspecified atom stereocenters. The third-order valence-corrected chi connectivity index (χ3v) is 6.05. The Balaban J connectivity index is 1.93. The number of carbonyl (C=O) groups is 1. The molecule has 0 aliphatic rings. The molecule has 3 aromatic rings. The Kier molecular flexibility index (Phi) is 8.58. The zero-order valence-corrected chi connectivity index (χ0v) is 22.2. The fourth-order valence-electron chi connectivity index (χ4n) is 3.79. The maximum atomic E-state index is 13.3. The van der Waals surface area contributed by atoms with E-state index in [-0.39, 0.29) is 5.91 Å². The third-order valence-electron chi connectivity index (χ3n) is 6.05. The van der Waals surface area contributed by atoms with Crippen molar-refractivity contribution in [3.05, 3.63) is 64.5 Å². The third kappa shape index (κ3) is 5.97. The van der Waals surface area contributed by atoms with E-state index < -0.39 is 0 Å². The minimum Gasteiger partial charge on any atom is -0.493 e. The van der Waals surface area contributed by atoms with Gasteiger partial charge >= 0.3 is 0 Å². The number of aromatic nitrogens is 2. The maximum absolute atomic E-state index is 13.3. The average Bonchev–Trinajstić information content (AvgIpc) is 3.11. The fourth-order valence-corrected chi connectivity index (χ4v) is 3.79. The zero-order chi connectivity index (χ0) is 26.4. The molecule has 0 spiro atoms. The summed E-state index contributed by atoms with van der Waals surface area (Å²) in [4.78, 5) is 18.0. The number of aliphatic imine (C=N–C) groups is 1. The van der Waals surface area contributed by atoms with E-state index in [0.29, 0.717) is 41.2 Å². The topological polar surface area (TPSA) is 99.0 Å². The van der Waals surface area contributed by atoms with Gasteiger partial charge in [-0.25, -0.2) is 4.99 Å². The van der Waals surface area contributed by atoms with E-state index >= 15 is 0 Å². The monoisotopic (exact) mass is 493 g/mol. The lowest BCUT2D eigenvalue weighted by atomic mass is 10.0. The number of nitrogens with zero attached hydrogens (tertiary/aromatic N) is 3. The summed E-state index contributed by atoms with van der Waals surface area (Å²) < 4.78 is 18.0. The molecule has 0 saturated heterocycles. The van der Waals surface area contributed by atoms with Crippen molar-refractivity contribution in [2.45, 2.75) is 40.2 Å². The number of guanidine groups is 1. The molecule has 0 saturated carbocycles. The van der Waals surface area contributed by atoms with Crippen molar-refractivity contribution in [2.24, 2.45) is 12.0 Å². The van der Waals surface area contributed by atoms with Crippen molar-refractivity contribution in [3.8, 4) is 17.2 Å². The first-order valence-electron chi connectivity index (χ1n) is 11.7. The molecule has 0 atom stereocenters. The molecule has 36 heavy (non-hydrogen) atoms. The lowest BCUT2D eigenvalue weighted by molar-refractivity contribution is 0.0976. The molecule has 0 aliphatic heterocycles. The van der Waals surface area contributed by atoms with Crippen LogP contribution in [0.1, 0.15) is 52.6 Å². The van der Waals surface area contributed by atoms with Crippen LogP contribution in [0, 0.1) is 13.8 Å². The quantitative estimate of drug-likeness (QED) is 0.352. The molecule has 0 radical (unpaired) electrons. The summed E-state index contributed by atoms with van der Waals surface area (Å²) in [5.41, 5.74) is 5.30. The number of anilines is 1. The number of ether oxygens (including phenoxy) is 3. The van der Waals surface area contributed by atoms with E-state index in [2.05, 4.69) is 41.7 Å². The van der Waals surface area contributed by atoms with Gasteiger partial charge in [-0.3, -0.25) is 14.8 Å². The molecule has 192 valence electrons. The molecule has 0 aliphatic carbocycles. The first-order chi connectivity index (χ1) is 17.2. The number of carbonyl (C=O) groups excluding carboxylic acids is 1. The molecule has 1 aromatic heterocycles. The van der Waals surface area contributed by atoms with Gasteiger partial charge in [0, 0.05) is 29.6 Å². The standard InChI is InChI=1S/C27H35N5O4/c1-16(2)19-9-11-21(12-10-19)29-27(28-15-22-17(3)31-32(5)18(22)4)30-26(33)20-13-23(34-6)25(36-8)24(14-20)35-7/h9-14,16H,15H2,1-8H3,(H2,28,29,30,33).